The van der Waals surface area contributed by atoms with E-state index in [1.54, 1.807) is 0 Å². The Hall–Kier alpha value is -1.60. The third kappa shape index (κ3) is 4.48. The van der Waals surface area contributed by atoms with Gasteiger partial charge in [-0.15, -0.1) is 0 Å². The Kier molecular flexibility index (Phi) is 5.10. The van der Waals surface area contributed by atoms with Crippen molar-refractivity contribution in [3.63, 3.8) is 0 Å². The van der Waals surface area contributed by atoms with E-state index in [9.17, 15) is 0 Å². The quantitative estimate of drug-likeness (QED) is 0.499. The SMILES string of the molecule is C[Si](C)(C)/C=C\C1(CCCc2ccccc2)CC1c1ccccc1. The van der Waals surface area contributed by atoms with Crippen molar-refractivity contribution in [1.82, 2.24) is 0 Å². The molecule has 0 N–H and O–H groups in total. The maximum Gasteiger partial charge on any atom is 0.0683 e. The van der Waals surface area contributed by atoms with E-state index >= 15 is 0 Å². The summed E-state index contributed by atoms with van der Waals surface area (Å²) in [6, 6.07) is 22.0. The van der Waals surface area contributed by atoms with Gasteiger partial charge in [0.2, 0.25) is 0 Å². The number of benzene rings is 2. The van der Waals surface area contributed by atoms with Gasteiger partial charge in [0.05, 0.1) is 8.07 Å². The van der Waals surface area contributed by atoms with Crippen molar-refractivity contribution in [2.45, 2.75) is 51.2 Å². The maximum atomic E-state index is 2.60. The van der Waals surface area contributed by atoms with E-state index in [4.69, 9.17) is 0 Å². The van der Waals surface area contributed by atoms with Crippen LogP contribution in [-0.4, -0.2) is 8.07 Å². The number of allylic oxidation sites excluding steroid dienone is 1. The second-order valence-corrected chi connectivity index (χ2v) is 13.5. The maximum absolute atomic E-state index is 2.60. The van der Waals surface area contributed by atoms with Crippen molar-refractivity contribution in [2.75, 3.05) is 0 Å². The minimum atomic E-state index is -1.14. The van der Waals surface area contributed by atoms with Crippen LogP contribution in [0.1, 0.15) is 36.3 Å². The zero-order valence-electron chi connectivity index (χ0n) is 15.3. The smallest absolute Gasteiger partial charge is 0.0683 e. The Bertz CT molecular complexity index is 666. The summed E-state index contributed by atoms with van der Waals surface area (Å²) in [4.78, 5) is 0. The molecule has 2 unspecified atom stereocenters. The molecule has 2 aromatic carbocycles. The second kappa shape index (κ2) is 7.10. The molecule has 0 aromatic heterocycles. The molecule has 1 heteroatoms. The van der Waals surface area contributed by atoms with E-state index < -0.39 is 8.07 Å². The highest BCUT2D eigenvalue weighted by atomic mass is 28.3. The van der Waals surface area contributed by atoms with E-state index in [1.807, 2.05) is 0 Å². The molecule has 0 aliphatic heterocycles. The van der Waals surface area contributed by atoms with Gasteiger partial charge in [-0.1, -0.05) is 92.1 Å². The Balaban J connectivity index is 1.69. The summed E-state index contributed by atoms with van der Waals surface area (Å²) in [5.41, 5.74) is 5.98. The molecule has 2 aromatic rings. The first-order valence-electron chi connectivity index (χ1n) is 9.28. The molecule has 1 aliphatic carbocycles. The highest BCUT2D eigenvalue weighted by molar-refractivity contribution is 6.80. The van der Waals surface area contributed by atoms with Crippen LogP contribution < -0.4 is 0 Å². The molecule has 0 radical (unpaired) electrons. The first-order chi connectivity index (χ1) is 11.5. The molecule has 0 amide bonds. The highest BCUT2D eigenvalue weighted by Gasteiger charge is 2.51. The van der Waals surface area contributed by atoms with Gasteiger partial charge in [0, 0.05) is 0 Å². The summed E-state index contributed by atoms with van der Waals surface area (Å²) in [5, 5.41) is 0. The lowest BCUT2D eigenvalue weighted by Gasteiger charge is -2.16. The van der Waals surface area contributed by atoms with Gasteiger partial charge in [0.1, 0.15) is 0 Å². The molecule has 1 aliphatic rings. The Morgan fingerprint density at radius 2 is 1.58 bits per heavy atom. The van der Waals surface area contributed by atoms with Crippen molar-refractivity contribution >= 4 is 8.07 Å². The van der Waals surface area contributed by atoms with Crippen LogP contribution in [-0.2, 0) is 6.42 Å². The third-order valence-electron chi connectivity index (χ3n) is 5.19. The molecular formula is C23H30Si. The summed E-state index contributed by atoms with van der Waals surface area (Å²) in [7, 11) is -1.14. The number of hydrogen-bond acceptors (Lipinski definition) is 0. The first kappa shape index (κ1) is 17.2. The largest absolute Gasteiger partial charge is 0.0983 e. The van der Waals surface area contributed by atoms with Crippen molar-refractivity contribution < 1.29 is 0 Å². The monoisotopic (exact) mass is 334 g/mol. The van der Waals surface area contributed by atoms with E-state index in [0.717, 1.165) is 5.92 Å². The summed E-state index contributed by atoms with van der Waals surface area (Å²) in [6.45, 7) is 7.29. The van der Waals surface area contributed by atoms with E-state index in [2.05, 4.69) is 92.1 Å². The Morgan fingerprint density at radius 1 is 0.958 bits per heavy atom. The summed E-state index contributed by atoms with van der Waals surface area (Å²) < 4.78 is 0. The molecule has 0 saturated heterocycles. The fourth-order valence-electron chi connectivity index (χ4n) is 3.68. The van der Waals surface area contributed by atoms with Gasteiger partial charge in [-0.3, -0.25) is 0 Å². The van der Waals surface area contributed by atoms with Crippen LogP contribution in [0.15, 0.2) is 72.4 Å². The summed E-state index contributed by atoms with van der Waals surface area (Å²) >= 11 is 0. The minimum Gasteiger partial charge on any atom is -0.0983 e. The van der Waals surface area contributed by atoms with Gasteiger partial charge in [-0.05, 0) is 48.1 Å². The molecule has 126 valence electrons. The lowest BCUT2D eigenvalue weighted by molar-refractivity contribution is 0.533. The number of aryl methyl sites for hydroxylation is 1. The second-order valence-electron chi connectivity index (χ2n) is 8.44. The van der Waals surface area contributed by atoms with Gasteiger partial charge in [-0.25, -0.2) is 0 Å². The normalized spacial score (nSPS) is 23.5. The molecule has 2 atom stereocenters. The highest BCUT2D eigenvalue weighted by Crippen LogP contribution is 2.63. The number of hydrogen-bond donors (Lipinski definition) is 0. The zero-order valence-corrected chi connectivity index (χ0v) is 16.3. The summed E-state index contributed by atoms with van der Waals surface area (Å²) in [6.07, 6.45) is 7.71. The van der Waals surface area contributed by atoms with Crippen LogP contribution in [0.4, 0.5) is 0 Å². The van der Waals surface area contributed by atoms with E-state index in [1.165, 1.54) is 36.8 Å². The van der Waals surface area contributed by atoms with Crippen molar-refractivity contribution in [3.05, 3.63) is 83.6 Å². The molecule has 0 spiro atoms. The van der Waals surface area contributed by atoms with Gasteiger partial charge >= 0.3 is 0 Å². The molecular weight excluding hydrogens is 304 g/mol. The van der Waals surface area contributed by atoms with Gasteiger partial charge in [-0.2, -0.15) is 0 Å². The minimum absolute atomic E-state index is 0.413. The first-order valence-corrected chi connectivity index (χ1v) is 12.9. The van der Waals surface area contributed by atoms with Crippen LogP contribution in [0.5, 0.6) is 0 Å². The van der Waals surface area contributed by atoms with Gasteiger partial charge < -0.3 is 0 Å². The van der Waals surface area contributed by atoms with Crippen molar-refractivity contribution in [1.29, 1.82) is 0 Å². The van der Waals surface area contributed by atoms with Crippen LogP contribution in [0, 0.1) is 5.41 Å². The van der Waals surface area contributed by atoms with Crippen LogP contribution >= 0.6 is 0 Å². The summed E-state index contributed by atoms with van der Waals surface area (Å²) in [5.74, 6) is 0.724. The van der Waals surface area contributed by atoms with E-state index in [0.29, 0.717) is 5.41 Å². The molecule has 1 saturated carbocycles. The molecule has 3 rings (SSSR count). The molecule has 24 heavy (non-hydrogen) atoms. The average Bonchev–Trinajstić information content (AvgIpc) is 3.29. The molecule has 0 nitrogen and oxygen atoms in total. The molecule has 1 fully saturated rings. The van der Waals surface area contributed by atoms with E-state index in [-0.39, 0.29) is 0 Å². The Labute approximate surface area is 148 Å². The predicted octanol–water partition coefficient (Wildman–Crippen LogP) is 6.62. The van der Waals surface area contributed by atoms with Crippen molar-refractivity contribution in [2.24, 2.45) is 5.41 Å². The zero-order chi connectivity index (χ0) is 17.0. The lowest BCUT2D eigenvalue weighted by Crippen LogP contribution is -2.17. The lowest BCUT2D eigenvalue weighted by atomic mass is 9.92. The Morgan fingerprint density at radius 3 is 2.21 bits per heavy atom. The average molecular weight is 335 g/mol. The van der Waals surface area contributed by atoms with Crippen molar-refractivity contribution in [3.8, 4) is 0 Å². The van der Waals surface area contributed by atoms with Crippen LogP contribution in [0.25, 0.3) is 0 Å². The van der Waals surface area contributed by atoms with Gasteiger partial charge in [0.25, 0.3) is 0 Å². The fourth-order valence-corrected chi connectivity index (χ4v) is 4.51. The molecule has 0 heterocycles. The predicted molar refractivity (Wildman–Crippen MR) is 108 cm³/mol. The van der Waals surface area contributed by atoms with Crippen LogP contribution in [0.3, 0.4) is 0 Å². The van der Waals surface area contributed by atoms with Crippen LogP contribution in [0.2, 0.25) is 19.6 Å². The fraction of sp³-hybridized carbons (Fsp3) is 0.391. The standard InChI is InChI=1S/C23H30Si/c1-24(2,3)18-17-23(16-10-13-20-11-6-4-7-12-20)19-22(23)21-14-8-5-9-15-21/h4-9,11-12,14-15,17-18,22H,10,13,16,19H2,1-3H3/b18-17-. The number of rotatable bonds is 7. The molecule has 0 bridgehead atoms. The topological polar surface area (TPSA) is 0 Å². The third-order valence-corrected chi connectivity index (χ3v) is 6.35. The van der Waals surface area contributed by atoms with Gasteiger partial charge in [0.15, 0.2) is 0 Å².